The van der Waals surface area contributed by atoms with E-state index in [1.54, 1.807) is 0 Å². The lowest BCUT2D eigenvalue weighted by Gasteiger charge is -1.97. The molecule has 0 saturated heterocycles. The zero-order valence-corrected chi connectivity index (χ0v) is 8.43. The number of fused-ring (bicyclic) bond motifs is 1. The zero-order valence-electron chi connectivity index (χ0n) is 8.43. The molecule has 76 valence electrons. The molecule has 0 bridgehead atoms. The summed E-state index contributed by atoms with van der Waals surface area (Å²) in [6.45, 7) is 0.185. The molecule has 0 unspecified atom stereocenters. The normalized spacial score (nSPS) is 11.3. The van der Waals surface area contributed by atoms with Gasteiger partial charge in [0, 0.05) is 12.0 Å². The highest BCUT2D eigenvalue weighted by molar-refractivity contribution is 5.79. The molecule has 15 heavy (non-hydrogen) atoms. The Morgan fingerprint density at radius 2 is 2.00 bits per heavy atom. The van der Waals surface area contributed by atoms with Crippen molar-refractivity contribution in [3.05, 3.63) is 48.2 Å². The first-order chi connectivity index (χ1) is 7.40. The van der Waals surface area contributed by atoms with E-state index in [0.29, 0.717) is 6.42 Å². The van der Waals surface area contributed by atoms with Gasteiger partial charge in [-0.25, -0.2) is 4.98 Å². The van der Waals surface area contributed by atoms with Gasteiger partial charge in [-0.1, -0.05) is 30.3 Å². The van der Waals surface area contributed by atoms with Gasteiger partial charge in [0.1, 0.15) is 0 Å². The summed E-state index contributed by atoms with van der Waals surface area (Å²) in [5, 5.41) is 9.79. The Hall–Kier alpha value is -1.67. The number of hydrogen-bond acceptors (Lipinski definition) is 2. The van der Waals surface area contributed by atoms with Crippen LogP contribution >= 0.6 is 0 Å². The van der Waals surface area contributed by atoms with Crippen LogP contribution in [0.3, 0.4) is 0 Å². The van der Waals surface area contributed by atoms with E-state index in [4.69, 9.17) is 5.11 Å². The van der Waals surface area contributed by atoms with Crippen molar-refractivity contribution in [2.45, 2.75) is 6.42 Å². The summed E-state index contributed by atoms with van der Waals surface area (Å²) in [5.74, 6) is 0. The second-order valence-corrected chi connectivity index (χ2v) is 3.34. The fraction of sp³-hybridized carbons (Fsp3) is 0.154. The van der Waals surface area contributed by atoms with Gasteiger partial charge >= 0.3 is 0 Å². The molecular formula is C13H13NO. The van der Waals surface area contributed by atoms with Crippen LogP contribution in [-0.4, -0.2) is 16.7 Å². The van der Waals surface area contributed by atoms with Crippen LogP contribution in [0.5, 0.6) is 0 Å². The van der Waals surface area contributed by atoms with Gasteiger partial charge in [-0.15, -0.1) is 0 Å². The van der Waals surface area contributed by atoms with Crippen molar-refractivity contribution in [3.8, 4) is 0 Å². The van der Waals surface area contributed by atoms with Gasteiger partial charge in [0.2, 0.25) is 0 Å². The Balaban J connectivity index is 2.30. The predicted molar refractivity (Wildman–Crippen MR) is 62.5 cm³/mol. The minimum Gasteiger partial charge on any atom is -0.396 e. The maximum Gasteiger partial charge on any atom is 0.0709 e. The fourth-order valence-electron chi connectivity index (χ4n) is 1.45. The van der Waals surface area contributed by atoms with Crippen LogP contribution in [0.15, 0.2) is 42.5 Å². The standard InChI is InChI=1S/C13H13NO/c15-10-4-3-6-12-9-8-11-5-1-2-7-13(11)14-12/h1-3,5-9,15H,4,10H2. The van der Waals surface area contributed by atoms with Crippen molar-refractivity contribution in [2.75, 3.05) is 6.61 Å². The molecule has 2 heteroatoms. The van der Waals surface area contributed by atoms with Gasteiger partial charge < -0.3 is 5.11 Å². The second-order valence-electron chi connectivity index (χ2n) is 3.34. The van der Waals surface area contributed by atoms with E-state index in [0.717, 1.165) is 16.6 Å². The van der Waals surface area contributed by atoms with Gasteiger partial charge in [0.05, 0.1) is 11.2 Å². The Morgan fingerprint density at radius 3 is 2.87 bits per heavy atom. The summed E-state index contributed by atoms with van der Waals surface area (Å²) in [7, 11) is 0. The highest BCUT2D eigenvalue weighted by Crippen LogP contribution is 2.12. The number of hydrogen-bond donors (Lipinski definition) is 1. The van der Waals surface area contributed by atoms with Crippen LogP contribution in [0.4, 0.5) is 0 Å². The molecule has 0 spiro atoms. The third-order valence-electron chi connectivity index (χ3n) is 2.20. The van der Waals surface area contributed by atoms with Crippen molar-refractivity contribution in [1.29, 1.82) is 0 Å². The maximum atomic E-state index is 8.64. The quantitative estimate of drug-likeness (QED) is 0.824. The highest BCUT2D eigenvalue weighted by Gasteiger charge is 1.93. The molecule has 0 fully saturated rings. The summed E-state index contributed by atoms with van der Waals surface area (Å²) in [6.07, 6.45) is 4.54. The van der Waals surface area contributed by atoms with Crippen LogP contribution in [0.2, 0.25) is 0 Å². The monoisotopic (exact) mass is 199 g/mol. The van der Waals surface area contributed by atoms with E-state index in [1.165, 1.54) is 0 Å². The molecule has 0 amide bonds. The highest BCUT2D eigenvalue weighted by atomic mass is 16.2. The molecule has 1 heterocycles. The number of aliphatic hydroxyl groups excluding tert-OH is 1. The van der Waals surface area contributed by atoms with Crippen LogP contribution in [-0.2, 0) is 0 Å². The molecule has 0 aliphatic rings. The molecular weight excluding hydrogens is 186 g/mol. The molecule has 0 aliphatic carbocycles. The SMILES string of the molecule is OCCC=Cc1ccc2ccccc2n1. The Labute approximate surface area is 88.9 Å². The van der Waals surface area contributed by atoms with E-state index < -0.39 is 0 Å². The number of para-hydroxylation sites is 1. The molecule has 0 saturated carbocycles. The largest absolute Gasteiger partial charge is 0.396 e. The Bertz CT molecular complexity index is 477. The van der Waals surface area contributed by atoms with Crippen molar-refractivity contribution >= 4 is 17.0 Å². The van der Waals surface area contributed by atoms with E-state index in [9.17, 15) is 0 Å². The number of pyridine rings is 1. The average Bonchev–Trinajstić information content (AvgIpc) is 2.29. The van der Waals surface area contributed by atoms with Crippen LogP contribution in [0.25, 0.3) is 17.0 Å². The summed E-state index contributed by atoms with van der Waals surface area (Å²) in [6, 6.07) is 12.1. The molecule has 2 nitrogen and oxygen atoms in total. The number of nitrogens with zero attached hydrogens (tertiary/aromatic N) is 1. The fourth-order valence-corrected chi connectivity index (χ4v) is 1.45. The Kier molecular flexibility index (Phi) is 3.10. The lowest BCUT2D eigenvalue weighted by molar-refractivity contribution is 0.303. The Morgan fingerprint density at radius 1 is 1.13 bits per heavy atom. The maximum absolute atomic E-state index is 8.64. The summed E-state index contributed by atoms with van der Waals surface area (Å²) >= 11 is 0. The number of aliphatic hydroxyl groups is 1. The first-order valence-electron chi connectivity index (χ1n) is 5.03. The second kappa shape index (κ2) is 4.71. The molecule has 0 aliphatic heterocycles. The van der Waals surface area contributed by atoms with Crippen LogP contribution in [0, 0.1) is 0 Å². The zero-order chi connectivity index (χ0) is 10.5. The third-order valence-corrected chi connectivity index (χ3v) is 2.20. The van der Waals surface area contributed by atoms with Gasteiger partial charge in [-0.05, 0) is 24.6 Å². The summed E-state index contributed by atoms with van der Waals surface area (Å²) < 4.78 is 0. The number of rotatable bonds is 3. The minimum atomic E-state index is 0.185. The predicted octanol–water partition coefficient (Wildman–Crippen LogP) is 2.63. The minimum absolute atomic E-state index is 0.185. The number of aromatic nitrogens is 1. The topological polar surface area (TPSA) is 33.1 Å². The van der Waals surface area contributed by atoms with Gasteiger partial charge in [-0.2, -0.15) is 0 Å². The van der Waals surface area contributed by atoms with E-state index in [-0.39, 0.29) is 6.61 Å². The molecule has 1 aromatic heterocycles. The van der Waals surface area contributed by atoms with Gasteiger partial charge in [0.25, 0.3) is 0 Å². The summed E-state index contributed by atoms with van der Waals surface area (Å²) in [5.41, 5.74) is 1.94. The molecule has 1 aromatic carbocycles. The van der Waals surface area contributed by atoms with Crippen molar-refractivity contribution in [2.24, 2.45) is 0 Å². The van der Waals surface area contributed by atoms with Crippen LogP contribution < -0.4 is 0 Å². The molecule has 0 atom stereocenters. The lowest BCUT2D eigenvalue weighted by Crippen LogP contribution is -1.83. The summed E-state index contributed by atoms with van der Waals surface area (Å²) in [4.78, 5) is 4.48. The van der Waals surface area contributed by atoms with E-state index in [1.807, 2.05) is 42.5 Å². The first kappa shape index (κ1) is 9.87. The first-order valence-corrected chi connectivity index (χ1v) is 5.03. The smallest absolute Gasteiger partial charge is 0.0709 e. The van der Waals surface area contributed by atoms with E-state index >= 15 is 0 Å². The molecule has 2 rings (SSSR count). The average molecular weight is 199 g/mol. The molecule has 0 radical (unpaired) electrons. The molecule has 1 N–H and O–H groups in total. The van der Waals surface area contributed by atoms with Crippen LogP contribution in [0.1, 0.15) is 12.1 Å². The van der Waals surface area contributed by atoms with Gasteiger partial charge in [-0.3, -0.25) is 0 Å². The van der Waals surface area contributed by atoms with Crippen molar-refractivity contribution in [1.82, 2.24) is 4.98 Å². The van der Waals surface area contributed by atoms with Gasteiger partial charge in [0.15, 0.2) is 0 Å². The lowest BCUT2D eigenvalue weighted by atomic mass is 10.2. The van der Waals surface area contributed by atoms with E-state index in [2.05, 4.69) is 11.1 Å². The van der Waals surface area contributed by atoms with Crippen molar-refractivity contribution < 1.29 is 5.11 Å². The van der Waals surface area contributed by atoms with Crippen molar-refractivity contribution in [3.63, 3.8) is 0 Å². The molecule has 2 aromatic rings. The number of benzene rings is 1. The third kappa shape index (κ3) is 2.42.